The van der Waals surface area contributed by atoms with Gasteiger partial charge in [-0.25, -0.2) is 0 Å². The first kappa shape index (κ1) is 16.0. The van der Waals surface area contributed by atoms with E-state index >= 15 is 0 Å². The first-order valence-electron chi connectivity index (χ1n) is 8.28. The Bertz CT molecular complexity index is 567. The van der Waals surface area contributed by atoms with E-state index in [1.807, 2.05) is 6.07 Å². The van der Waals surface area contributed by atoms with E-state index in [0.29, 0.717) is 12.0 Å². The van der Waals surface area contributed by atoms with Crippen molar-refractivity contribution < 1.29 is 0 Å². The average molecular weight is 319 g/mol. The lowest BCUT2D eigenvalue weighted by atomic mass is 9.96. The summed E-state index contributed by atoms with van der Waals surface area (Å²) in [5, 5.41) is 0.858. The Morgan fingerprint density at radius 3 is 2.77 bits per heavy atom. The lowest BCUT2D eigenvalue weighted by Gasteiger charge is -2.47. The van der Waals surface area contributed by atoms with Crippen molar-refractivity contribution in [2.75, 3.05) is 26.7 Å². The largest absolute Gasteiger partial charge is 0.299 e. The van der Waals surface area contributed by atoms with Gasteiger partial charge in [0, 0.05) is 36.2 Å². The molecule has 0 amide bonds. The normalized spacial score (nSPS) is 28.5. The van der Waals surface area contributed by atoms with Gasteiger partial charge in [-0.15, -0.1) is 6.58 Å². The molecule has 1 aliphatic carbocycles. The molecule has 1 unspecified atom stereocenters. The molecule has 1 saturated heterocycles. The van der Waals surface area contributed by atoms with E-state index < -0.39 is 0 Å². The number of nitrogens with zero attached hydrogens (tertiary/aromatic N) is 2. The van der Waals surface area contributed by atoms with Gasteiger partial charge < -0.3 is 0 Å². The highest BCUT2D eigenvalue weighted by Crippen LogP contribution is 2.47. The number of likely N-dealkylation sites (N-methyl/N-ethyl adjacent to an activating group) is 1. The van der Waals surface area contributed by atoms with E-state index in [4.69, 9.17) is 11.6 Å². The number of piperazine rings is 1. The maximum absolute atomic E-state index is 6.28. The fourth-order valence-corrected chi connectivity index (χ4v) is 4.22. The highest BCUT2D eigenvalue weighted by atomic mass is 35.5. The number of benzene rings is 1. The molecule has 1 aromatic carbocycles. The zero-order valence-corrected chi connectivity index (χ0v) is 14.7. The van der Waals surface area contributed by atoms with E-state index in [-0.39, 0.29) is 5.54 Å². The first-order chi connectivity index (χ1) is 10.4. The van der Waals surface area contributed by atoms with E-state index in [9.17, 15) is 0 Å². The quantitative estimate of drug-likeness (QED) is 0.759. The topological polar surface area (TPSA) is 6.48 Å². The van der Waals surface area contributed by atoms with Crippen LogP contribution in [0.25, 0.3) is 0 Å². The van der Waals surface area contributed by atoms with E-state index in [0.717, 1.165) is 31.1 Å². The van der Waals surface area contributed by atoms with Crippen LogP contribution in [-0.2, 0) is 0 Å². The van der Waals surface area contributed by atoms with E-state index in [2.05, 4.69) is 55.5 Å². The van der Waals surface area contributed by atoms with Gasteiger partial charge in [-0.1, -0.05) is 23.7 Å². The molecule has 2 aliphatic rings. The summed E-state index contributed by atoms with van der Waals surface area (Å²) >= 11 is 6.28. The Kier molecular flexibility index (Phi) is 4.37. The van der Waals surface area contributed by atoms with Crippen molar-refractivity contribution in [1.29, 1.82) is 0 Å². The molecule has 2 nitrogen and oxygen atoms in total. The fraction of sp³-hybridized carbons (Fsp3) is 0.579. The van der Waals surface area contributed by atoms with Gasteiger partial charge in [-0.2, -0.15) is 0 Å². The lowest BCUT2D eigenvalue weighted by molar-refractivity contribution is 0.0154. The molecule has 0 spiro atoms. The molecule has 3 heteroatoms. The smallest absolute Gasteiger partial charge is 0.0409 e. The third kappa shape index (κ3) is 2.84. The van der Waals surface area contributed by atoms with Crippen molar-refractivity contribution in [3.63, 3.8) is 0 Å². The Hall–Kier alpha value is -0.830. The second kappa shape index (κ2) is 5.99. The Morgan fingerprint density at radius 1 is 1.32 bits per heavy atom. The van der Waals surface area contributed by atoms with E-state index in [1.165, 1.54) is 17.5 Å². The second-order valence-corrected chi connectivity index (χ2v) is 7.89. The molecule has 1 heterocycles. The number of allylic oxidation sites excluding steroid dienone is 1. The summed E-state index contributed by atoms with van der Waals surface area (Å²) in [5.74, 6) is 0.595. The molecule has 3 rings (SSSR count). The number of fused-ring (bicyclic) bond motifs is 1. The van der Waals surface area contributed by atoms with Crippen LogP contribution in [0.15, 0.2) is 30.9 Å². The highest BCUT2D eigenvalue weighted by Gasteiger charge is 2.39. The van der Waals surface area contributed by atoms with Gasteiger partial charge in [0.15, 0.2) is 0 Å². The lowest BCUT2D eigenvalue weighted by Crippen LogP contribution is -2.58. The zero-order valence-electron chi connectivity index (χ0n) is 14.0. The number of hydrogen-bond acceptors (Lipinski definition) is 2. The summed E-state index contributed by atoms with van der Waals surface area (Å²) in [7, 11) is 2.23. The van der Waals surface area contributed by atoms with Crippen LogP contribution in [0, 0.1) is 0 Å². The monoisotopic (exact) mass is 318 g/mol. The van der Waals surface area contributed by atoms with Gasteiger partial charge in [0.25, 0.3) is 0 Å². The standard InChI is InChI=1S/C19H27ClN2/c1-5-6-14-11-18(17-12-15(20)7-8-16(14)17)22-10-9-21(4)19(2,3)13-22/h5,7-8,12,14,18H,1,6,9-11,13H2,2-4H3/t14?,18-/m1/s1. The molecule has 0 N–H and O–H groups in total. The van der Waals surface area contributed by atoms with Gasteiger partial charge in [-0.3, -0.25) is 9.80 Å². The molecule has 120 valence electrons. The molecule has 1 fully saturated rings. The maximum Gasteiger partial charge on any atom is 0.0409 e. The van der Waals surface area contributed by atoms with Gasteiger partial charge in [-0.05, 0) is 62.9 Å². The van der Waals surface area contributed by atoms with Crippen LogP contribution < -0.4 is 0 Å². The molecule has 0 saturated carbocycles. The van der Waals surface area contributed by atoms with Crippen LogP contribution in [0.2, 0.25) is 5.02 Å². The number of halogens is 1. The van der Waals surface area contributed by atoms with Gasteiger partial charge in [0.1, 0.15) is 0 Å². The Labute approximate surface area is 139 Å². The molecular weight excluding hydrogens is 292 g/mol. The van der Waals surface area contributed by atoms with Crippen LogP contribution in [0.1, 0.15) is 49.8 Å². The average Bonchev–Trinajstić information content (AvgIpc) is 2.80. The van der Waals surface area contributed by atoms with Crippen molar-refractivity contribution >= 4 is 11.6 Å². The SMILES string of the molecule is C=CCC1C[C@@H](N2CCN(C)C(C)(C)C2)c2cc(Cl)ccc21. The van der Waals surface area contributed by atoms with Gasteiger partial charge in [0.05, 0.1) is 0 Å². The summed E-state index contributed by atoms with van der Waals surface area (Å²) in [4.78, 5) is 5.14. The van der Waals surface area contributed by atoms with Crippen molar-refractivity contribution in [3.05, 3.63) is 47.0 Å². The summed E-state index contributed by atoms with van der Waals surface area (Å²) in [6.45, 7) is 12.0. The van der Waals surface area contributed by atoms with Crippen molar-refractivity contribution in [2.24, 2.45) is 0 Å². The van der Waals surface area contributed by atoms with Crippen LogP contribution in [0.4, 0.5) is 0 Å². The van der Waals surface area contributed by atoms with Crippen molar-refractivity contribution in [3.8, 4) is 0 Å². The zero-order chi connectivity index (χ0) is 15.9. The Morgan fingerprint density at radius 2 is 2.09 bits per heavy atom. The molecule has 2 atom stereocenters. The summed E-state index contributed by atoms with van der Waals surface area (Å²) in [6, 6.07) is 6.96. The van der Waals surface area contributed by atoms with Crippen LogP contribution in [0.3, 0.4) is 0 Å². The first-order valence-corrected chi connectivity index (χ1v) is 8.65. The minimum absolute atomic E-state index is 0.230. The van der Waals surface area contributed by atoms with Crippen molar-refractivity contribution in [2.45, 2.75) is 44.2 Å². The van der Waals surface area contributed by atoms with Crippen LogP contribution in [-0.4, -0.2) is 42.0 Å². The fourth-order valence-electron chi connectivity index (χ4n) is 4.04. The molecular formula is C19H27ClN2. The van der Waals surface area contributed by atoms with E-state index in [1.54, 1.807) is 0 Å². The molecule has 22 heavy (non-hydrogen) atoms. The summed E-state index contributed by atoms with van der Waals surface area (Å²) < 4.78 is 0. The molecule has 0 bridgehead atoms. The minimum atomic E-state index is 0.230. The third-order valence-corrected chi connectivity index (χ3v) is 5.83. The maximum atomic E-state index is 6.28. The molecule has 0 radical (unpaired) electrons. The number of hydrogen-bond donors (Lipinski definition) is 0. The second-order valence-electron chi connectivity index (χ2n) is 7.45. The predicted molar refractivity (Wildman–Crippen MR) is 94.6 cm³/mol. The van der Waals surface area contributed by atoms with Crippen LogP contribution in [0.5, 0.6) is 0 Å². The third-order valence-electron chi connectivity index (χ3n) is 5.59. The number of rotatable bonds is 3. The highest BCUT2D eigenvalue weighted by molar-refractivity contribution is 6.30. The summed E-state index contributed by atoms with van der Waals surface area (Å²) in [5.41, 5.74) is 3.15. The molecule has 1 aliphatic heterocycles. The predicted octanol–water partition coefficient (Wildman–Crippen LogP) is 4.47. The van der Waals surface area contributed by atoms with Crippen molar-refractivity contribution in [1.82, 2.24) is 9.80 Å². The van der Waals surface area contributed by atoms with Crippen LogP contribution >= 0.6 is 11.6 Å². The molecule has 1 aromatic rings. The van der Waals surface area contributed by atoms with Gasteiger partial charge >= 0.3 is 0 Å². The molecule has 0 aromatic heterocycles. The Balaban J connectivity index is 1.89. The minimum Gasteiger partial charge on any atom is -0.299 e. The van der Waals surface area contributed by atoms with Gasteiger partial charge in [0.2, 0.25) is 0 Å². The summed E-state index contributed by atoms with van der Waals surface area (Å²) in [6.07, 6.45) is 4.31.